The number of amides is 1. The Kier molecular flexibility index (Phi) is 7.38. The number of aliphatic hydroxyl groups is 1. The Morgan fingerprint density at radius 1 is 1.00 bits per heavy atom. The highest BCUT2D eigenvalue weighted by Gasteiger charge is 2.50. The minimum Gasteiger partial charge on any atom is -0.496 e. The number of rotatable bonds is 8. The number of ether oxygens (including phenoxy) is 1. The van der Waals surface area contributed by atoms with Crippen LogP contribution in [0.1, 0.15) is 99.1 Å². The van der Waals surface area contributed by atoms with Gasteiger partial charge in [-0.2, -0.15) is 0 Å². The third-order valence-electron chi connectivity index (χ3n) is 11.0. The van der Waals surface area contributed by atoms with Crippen molar-refractivity contribution in [3.8, 4) is 16.2 Å². The average molecular weight is 586 g/mol. The van der Waals surface area contributed by atoms with Gasteiger partial charge in [-0.1, -0.05) is 12.1 Å². The number of aliphatic hydroxyl groups excluding tert-OH is 1. The summed E-state index contributed by atoms with van der Waals surface area (Å²) in [5.41, 5.74) is 4.11. The molecule has 5 aliphatic rings. The Balaban J connectivity index is 1.15. The first kappa shape index (κ1) is 28.0. The fourth-order valence-electron chi connectivity index (χ4n) is 7.95. The van der Waals surface area contributed by atoms with E-state index in [2.05, 4.69) is 37.3 Å². The first-order chi connectivity index (χ1) is 20.4. The molecule has 0 atom stereocenters. The molecule has 2 aromatic heterocycles. The number of fused-ring (bicyclic) bond motifs is 3. The molecule has 0 spiro atoms. The van der Waals surface area contributed by atoms with Gasteiger partial charge in [0, 0.05) is 30.8 Å². The van der Waals surface area contributed by atoms with E-state index in [1.165, 1.54) is 29.0 Å². The van der Waals surface area contributed by atoms with Crippen LogP contribution in [0.5, 0.6) is 5.75 Å². The third kappa shape index (κ3) is 5.28. The maximum absolute atomic E-state index is 14.3. The molecule has 42 heavy (non-hydrogen) atoms. The SMILES string of the molecule is COc1ccc(C23CCC(CN(C(=O)C4CCC(O)CC4)c4cc(-c5cnc(C6CC6)s5)ccn4)(CC2)CC3)cc1C. The first-order valence-corrected chi connectivity index (χ1v) is 16.8. The fourth-order valence-corrected chi connectivity index (χ4v) is 9.03. The largest absolute Gasteiger partial charge is 0.496 e. The molecule has 0 unspecified atom stereocenters. The quantitative estimate of drug-likeness (QED) is 0.295. The molecule has 1 aromatic carbocycles. The van der Waals surface area contributed by atoms with Crippen molar-refractivity contribution in [3.05, 3.63) is 58.9 Å². The molecule has 6 nitrogen and oxygen atoms in total. The van der Waals surface area contributed by atoms with Gasteiger partial charge in [0.2, 0.25) is 5.91 Å². The van der Waals surface area contributed by atoms with Crippen LogP contribution in [0, 0.1) is 18.3 Å². The van der Waals surface area contributed by atoms with Crippen molar-refractivity contribution in [1.29, 1.82) is 0 Å². The monoisotopic (exact) mass is 585 g/mol. The van der Waals surface area contributed by atoms with E-state index in [-0.39, 0.29) is 28.8 Å². The van der Waals surface area contributed by atoms with E-state index in [1.807, 2.05) is 17.3 Å². The van der Waals surface area contributed by atoms with Gasteiger partial charge in [-0.15, -0.1) is 11.3 Å². The minimum absolute atomic E-state index is 0.0475. The molecule has 5 aliphatic carbocycles. The summed E-state index contributed by atoms with van der Waals surface area (Å²) in [6.45, 7) is 2.87. The van der Waals surface area contributed by atoms with Crippen molar-refractivity contribution >= 4 is 23.1 Å². The van der Waals surface area contributed by atoms with Crippen LogP contribution in [-0.2, 0) is 10.2 Å². The highest BCUT2D eigenvalue weighted by Crippen LogP contribution is 2.58. The summed E-state index contributed by atoms with van der Waals surface area (Å²) in [6.07, 6.45) is 15.9. The molecule has 0 radical (unpaired) electrons. The molecule has 8 rings (SSSR count). The predicted octanol–water partition coefficient (Wildman–Crippen LogP) is 7.58. The molecule has 5 fully saturated rings. The zero-order chi connectivity index (χ0) is 28.9. The number of carbonyl (C=O) groups is 1. The molecular weight excluding hydrogens is 542 g/mol. The van der Waals surface area contributed by atoms with E-state index in [1.54, 1.807) is 18.4 Å². The lowest BCUT2D eigenvalue weighted by Crippen LogP contribution is -2.52. The van der Waals surface area contributed by atoms with Crippen LogP contribution in [0.4, 0.5) is 5.82 Å². The van der Waals surface area contributed by atoms with Gasteiger partial charge < -0.3 is 9.84 Å². The number of aryl methyl sites for hydroxylation is 1. The standard InChI is InChI=1S/C35H43N3O3S/c1-23-19-27(7-10-29(23)41-2)35-15-12-34(13-16-35,14-17-35)22-38(33(40)25-5-8-28(39)9-6-25)31-20-26(11-18-36-31)30-21-37-32(42-30)24-3-4-24/h7,10-11,18-21,24-25,28,39H,3-6,8-9,12-17,22H2,1-2H3. The van der Waals surface area contributed by atoms with Crippen molar-refractivity contribution in [2.45, 2.75) is 101 Å². The number of hydrogen-bond acceptors (Lipinski definition) is 6. The van der Waals surface area contributed by atoms with Crippen LogP contribution in [0.3, 0.4) is 0 Å². The Labute approximate surface area is 253 Å². The van der Waals surface area contributed by atoms with Crippen LogP contribution in [0.2, 0.25) is 0 Å². The van der Waals surface area contributed by atoms with Crippen LogP contribution < -0.4 is 9.64 Å². The predicted molar refractivity (Wildman–Crippen MR) is 167 cm³/mol. The molecule has 7 heteroatoms. The van der Waals surface area contributed by atoms with Crippen LogP contribution in [-0.4, -0.2) is 40.7 Å². The highest BCUT2D eigenvalue weighted by molar-refractivity contribution is 7.15. The molecule has 2 heterocycles. The van der Waals surface area contributed by atoms with E-state index >= 15 is 0 Å². The van der Waals surface area contributed by atoms with Crippen LogP contribution in [0.25, 0.3) is 10.4 Å². The summed E-state index contributed by atoms with van der Waals surface area (Å²) in [5, 5.41) is 11.4. The molecule has 222 valence electrons. The molecule has 1 N–H and O–H groups in total. The van der Waals surface area contributed by atoms with Gasteiger partial charge in [0.15, 0.2) is 0 Å². The molecule has 1 amide bonds. The fraction of sp³-hybridized carbons (Fsp3) is 0.571. The second-order valence-corrected chi connectivity index (χ2v) is 14.7. The number of aromatic nitrogens is 2. The van der Waals surface area contributed by atoms with E-state index in [4.69, 9.17) is 14.7 Å². The van der Waals surface area contributed by atoms with Gasteiger partial charge in [-0.05, 0) is 130 Å². The second kappa shape index (κ2) is 11.1. The maximum Gasteiger partial charge on any atom is 0.231 e. The van der Waals surface area contributed by atoms with Crippen LogP contribution in [0.15, 0.2) is 42.7 Å². The number of carbonyl (C=O) groups excluding carboxylic acids is 1. The zero-order valence-corrected chi connectivity index (χ0v) is 25.8. The van der Waals surface area contributed by atoms with Crippen LogP contribution >= 0.6 is 11.3 Å². The van der Waals surface area contributed by atoms with Crippen molar-refractivity contribution in [2.75, 3.05) is 18.6 Å². The minimum atomic E-state index is -0.277. The first-order valence-electron chi connectivity index (χ1n) is 15.9. The number of thiazole rings is 1. The summed E-state index contributed by atoms with van der Waals surface area (Å²) < 4.78 is 5.53. The maximum atomic E-state index is 14.3. The number of anilines is 1. The van der Waals surface area contributed by atoms with Gasteiger partial charge in [-0.25, -0.2) is 9.97 Å². The summed E-state index contributed by atoms with van der Waals surface area (Å²) in [7, 11) is 1.74. The van der Waals surface area contributed by atoms with E-state index in [0.29, 0.717) is 18.8 Å². The van der Waals surface area contributed by atoms with Gasteiger partial charge in [-0.3, -0.25) is 9.69 Å². The second-order valence-electron chi connectivity index (χ2n) is 13.6. The third-order valence-corrected chi connectivity index (χ3v) is 12.2. The van der Waals surface area contributed by atoms with Gasteiger partial charge >= 0.3 is 0 Å². The molecule has 3 aromatic rings. The molecule has 5 saturated carbocycles. The average Bonchev–Trinajstić information content (AvgIpc) is 3.76. The lowest BCUT2D eigenvalue weighted by molar-refractivity contribution is -0.124. The Morgan fingerprint density at radius 2 is 1.74 bits per heavy atom. The number of pyridine rings is 1. The Morgan fingerprint density at radius 3 is 2.40 bits per heavy atom. The molecule has 0 aliphatic heterocycles. The molecular formula is C35H43N3O3S. The Bertz CT molecular complexity index is 1430. The normalized spacial score (nSPS) is 28.9. The van der Waals surface area contributed by atoms with Crippen molar-refractivity contribution in [3.63, 3.8) is 0 Å². The number of nitrogens with zero attached hydrogens (tertiary/aromatic N) is 3. The van der Waals surface area contributed by atoms with Crippen molar-refractivity contribution in [1.82, 2.24) is 9.97 Å². The van der Waals surface area contributed by atoms with Gasteiger partial charge in [0.05, 0.1) is 23.1 Å². The highest BCUT2D eigenvalue weighted by atomic mass is 32.1. The summed E-state index contributed by atoms with van der Waals surface area (Å²) >= 11 is 1.78. The topological polar surface area (TPSA) is 75.5 Å². The van der Waals surface area contributed by atoms with Gasteiger partial charge in [0.25, 0.3) is 0 Å². The lowest BCUT2D eigenvalue weighted by atomic mass is 9.51. The summed E-state index contributed by atoms with van der Waals surface area (Å²) in [5.74, 6) is 2.51. The molecule has 0 saturated heterocycles. The Hall–Kier alpha value is -2.77. The lowest BCUT2D eigenvalue weighted by Gasteiger charge is -2.55. The van der Waals surface area contributed by atoms with E-state index in [0.717, 1.165) is 79.9 Å². The summed E-state index contributed by atoms with van der Waals surface area (Å²) in [6, 6.07) is 10.9. The molecule has 2 bridgehead atoms. The zero-order valence-electron chi connectivity index (χ0n) is 25.0. The van der Waals surface area contributed by atoms with E-state index in [9.17, 15) is 9.90 Å². The summed E-state index contributed by atoms with van der Waals surface area (Å²) in [4.78, 5) is 27.0. The number of benzene rings is 1. The van der Waals surface area contributed by atoms with E-state index < -0.39 is 0 Å². The van der Waals surface area contributed by atoms with Crippen molar-refractivity contribution < 1.29 is 14.6 Å². The number of methoxy groups -OCH3 is 1. The van der Waals surface area contributed by atoms with Crippen molar-refractivity contribution in [2.24, 2.45) is 11.3 Å². The number of hydrogen-bond donors (Lipinski definition) is 1. The van der Waals surface area contributed by atoms with Gasteiger partial charge in [0.1, 0.15) is 11.6 Å². The smallest absolute Gasteiger partial charge is 0.231 e.